The number of benzene rings is 2. The van der Waals surface area contributed by atoms with Gasteiger partial charge >= 0.3 is 0 Å². The van der Waals surface area contributed by atoms with E-state index in [1.807, 2.05) is 82.3 Å². The number of hydrogen-bond acceptors (Lipinski definition) is 5. The van der Waals surface area contributed by atoms with Gasteiger partial charge in [0.05, 0.1) is 0 Å². The van der Waals surface area contributed by atoms with Gasteiger partial charge in [-0.15, -0.1) is 5.10 Å². The average molecular weight is 423 g/mol. The smallest absolute Gasteiger partial charge is 0.280 e. The molecule has 1 heterocycles. The van der Waals surface area contributed by atoms with E-state index in [0.717, 1.165) is 29.1 Å². The van der Waals surface area contributed by atoms with Crippen LogP contribution in [-0.2, 0) is 4.79 Å². The minimum Gasteiger partial charge on any atom is -0.349 e. The van der Waals surface area contributed by atoms with Crippen LogP contribution < -0.4 is 10.2 Å². The van der Waals surface area contributed by atoms with Gasteiger partial charge in [0.2, 0.25) is 5.91 Å². The number of amides is 2. The lowest BCUT2D eigenvalue weighted by Crippen LogP contribution is -2.50. The van der Waals surface area contributed by atoms with Crippen LogP contribution in [0.4, 0.5) is 5.69 Å². The molecule has 3 rings (SSSR count). The molecule has 0 fully saturated rings. The standard InChI is InChI=1S/C23H26N4O2S/c1-5-23(3,4)24-21(28)20(17-12-7-6-8-13-17)27(19-14-10-9-11-16(19)2)22(29)18-15-30-26-25-18/h6-15,20H,5H2,1-4H3,(H,24,28)/t20-/m0/s1. The van der Waals surface area contributed by atoms with Gasteiger partial charge in [0.25, 0.3) is 5.91 Å². The lowest BCUT2D eigenvalue weighted by Gasteiger charge is -2.35. The molecule has 7 heteroatoms. The van der Waals surface area contributed by atoms with Crippen LogP contribution in [-0.4, -0.2) is 26.9 Å². The van der Waals surface area contributed by atoms with Gasteiger partial charge in [-0.2, -0.15) is 0 Å². The normalized spacial score (nSPS) is 12.3. The van der Waals surface area contributed by atoms with Crippen LogP contribution in [0.1, 0.15) is 54.8 Å². The van der Waals surface area contributed by atoms with Crippen molar-refractivity contribution in [2.45, 2.75) is 45.7 Å². The molecule has 0 aliphatic rings. The third kappa shape index (κ3) is 4.74. The van der Waals surface area contributed by atoms with E-state index < -0.39 is 11.6 Å². The molecule has 0 bridgehead atoms. The SMILES string of the molecule is CCC(C)(C)NC(=O)[C@H](c1ccccc1)N(C(=O)c1csnn1)c1ccccc1C. The van der Waals surface area contributed by atoms with Crippen LogP contribution in [0, 0.1) is 6.92 Å². The maximum Gasteiger partial charge on any atom is 0.280 e. The highest BCUT2D eigenvalue weighted by Gasteiger charge is 2.36. The monoisotopic (exact) mass is 422 g/mol. The lowest BCUT2D eigenvalue weighted by molar-refractivity contribution is -0.124. The van der Waals surface area contributed by atoms with Crippen molar-refractivity contribution in [2.24, 2.45) is 0 Å². The van der Waals surface area contributed by atoms with Crippen LogP contribution in [0.2, 0.25) is 0 Å². The summed E-state index contributed by atoms with van der Waals surface area (Å²) in [7, 11) is 0. The van der Waals surface area contributed by atoms with Crippen molar-refractivity contribution >= 4 is 29.0 Å². The van der Waals surface area contributed by atoms with Crippen LogP contribution in [0.15, 0.2) is 60.0 Å². The number of nitrogens with zero attached hydrogens (tertiary/aromatic N) is 3. The Balaban J connectivity index is 2.17. The number of rotatable bonds is 7. The minimum atomic E-state index is -0.854. The fourth-order valence-corrected chi connectivity index (χ4v) is 3.55. The maximum atomic E-state index is 13.6. The van der Waals surface area contributed by atoms with Gasteiger partial charge in [-0.3, -0.25) is 14.5 Å². The number of nitrogens with one attached hydrogen (secondary N) is 1. The molecule has 30 heavy (non-hydrogen) atoms. The van der Waals surface area contributed by atoms with Gasteiger partial charge in [-0.05, 0) is 55.9 Å². The fourth-order valence-electron chi connectivity index (χ4n) is 3.12. The molecule has 156 valence electrons. The summed E-state index contributed by atoms with van der Waals surface area (Å²) in [4.78, 5) is 28.7. The van der Waals surface area contributed by atoms with Crippen molar-refractivity contribution in [3.05, 3.63) is 76.8 Å². The number of hydrogen-bond donors (Lipinski definition) is 1. The van der Waals surface area contributed by atoms with Gasteiger partial charge in [0.1, 0.15) is 6.04 Å². The Bertz CT molecular complexity index is 1000. The Labute approximate surface area is 181 Å². The zero-order valence-corrected chi connectivity index (χ0v) is 18.4. The molecule has 0 spiro atoms. The second-order valence-electron chi connectivity index (χ2n) is 7.79. The van der Waals surface area contributed by atoms with E-state index in [9.17, 15) is 9.59 Å². The first-order valence-electron chi connectivity index (χ1n) is 9.87. The Kier molecular flexibility index (Phi) is 6.62. The predicted octanol–water partition coefficient (Wildman–Crippen LogP) is 4.54. The van der Waals surface area contributed by atoms with E-state index in [1.165, 1.54) is 4.90 Å². The van der Waals surface area contributed by atoms with Crippen molar-refractivity contribution in [1.29, 1.82) is 0 Å². The molecular weight excluding hydrogens is 396 g/mol. The summed E-state index contributed by atoms with van der Waals surface area (Å²) < 4.78 is 3.83. The lowest BCUT2D eigenvalue weighted by atomic mass is 9.97. The molecule has 1 atom stereocenters. The van der Waals surface area contributed by atoms with Gasteiger partial charge in [0.15, 0.2) is 5.69 Å². The zero-order valence-electron chi connectivity index (χ0n) is 17.6. The number of aromatic nitrogens is 2. The summed E-state index contributed by atoms with van der Waals surface area (Å²) in [6, 6.07) is 16.0. The number of aryl methyl sites for hydroxylation is 1. The summed E-state index contributed by atoms with van der Waals surface area (Å²) in [5.74, 6) is -0.607. The minimum absolute atomic E-state index is 0.215. The van der Waals surface area contributed by atoms with E-state index in [4.69, 9.17) is 0 Å². The van der Waals surface area contributed by atoms with Gasteiger partial charge in [0, 0.05) is 16.6 Å². The molecule has 2 amide bonds. The van der Waals surface area contributed by atoms with Crippen LogP contribution >= 0.6 is 11.5 Å². The van der Waals surface area contributed by atoms with E-state index in [1.54, 1.807) is 5.38 Å². The molecule has 0 aliphatic carbocycles. The first kappa shape index (κ1) is 21.6. The van der Waals surface area contributed by atoms with Crippen molar-refractivity contribution in [3.8, 4) is 0 Å². The molecule has 3 aromatic rings. The van der Waals surface area contributed by atoms with Crippen LogP contribution in [0.3, 0.4) is 0 Å². The van der Waals surface area contributed by atoms with Crippen LogP contribution in [0.25, 0.3) is 0 Å². The van der Waals surface area contributed by atoms with E-state index in [0.29, 0.717) is 5.69 Å². The first-order valence-corrected chi connectivity index (χ1v) is 10.7. The molecule has 0 saturated carbocycles. The summed E-state index contributed by atoms with van der Waals surface area (Å²) in [5, 5.41) is 8.67. The second kappa shape index (κ2) is 9.17. The van der Waals surface area contributed by atoms with Crippen molar-refractivity contribution in [3.63, 3.8) is 0 Å². The number of carbonyl (C=O) groups is 2. The van der Waals surface area contributed by atoms with Gasteiger partial charge in [-0.25, -0.2) is 0 Å². The van der Waals surface area contributed by atoms with Crippen molar-refractivity contribution in [1.82, 2.24) is 14.9 Å². The Hall–Kier alpha value is -3.06. The first-order chi connectivity index (χ1) is 14.3. The molecule has 0 aliphatic heterocycles. The second-order valence-corrected chi connectivity index (χ2v) is 8.40. The van der Waals surface area contributed by atoms with Gasteiger partial charge in [-0.1, -0.05) is 59.9 Å². The Morgan fingerprint density at radius 2 is 1.77 bits per heavy atom. The number of anilines is 1. The predicted molar refractivity (Wildman–Crippen MR) is 120 cm³/mol. The Morgan fingerprint density at radius 1 is 1.10 bits per heavy atom. The average Bonchev–Trinajstić information content (AvgIpc) is 3.27. The third-order valence-electron chi connectivity index (χ3n) is 5.14. The van der Waals surface area contributed by atoms with Crippen LogP contribution in [0.5, 0.6) is 0 Å². The highest BCUT2D eigenvalue weighted by Crippen LogP contribution is 2.32. The van der Waals surface area contributed by atoms with Crippen molar-refractivity contribution in [2.75, 3.05) is 4.90 Å². The quantitative estimate of drug-likeness (QED) is 0.607. The topological polar surface area (TPSA) is 75.2 Å². The molecule has 0 unspecified atom stereocenters. The molecule has 6 nitrogen and oxygen atoms in total. The highest BCUT2D eigenvalue weighted by molar-refractivity contribution is 7.03. The zero-order chi connectivity index (χ0) is 21.7. The number of para-hydroxylation sites is 1. The van der Waals surface area contributed by atoms with E-state index in [-0.39, 0.29) is 17.5 Å². The summed E-state index contributed by atoms with van der Waals surface area (Å²) in [6.07, 6.45) is 0.758. The fraction of sp³-hybridized carbons (Fsp3) is 0.304. The number of carbonyl (C=O) groups excluding carboxylic acids is 2. The molecule has 1 N–H and O–H groups in total. The highest BCUT2D eigenvalue weighted by atomic mass is 32.1. The van der Waals surface area contributed by atoms with E-state index >= 15 is 0 Å². The maximum absolute atomic E-state index is 13.6. The van der Waals surface area contributed by atoms with E-state index in [2.05, 4.69) is 14.9 Å². The van der Waals surface area contributed by atoms with Crippen molar-refractivity contribution < 1.29 is 9.59 Å². The summed E-state index contributed by atoms with van der Waals surface area (Å²) in [6.45, 7) is 7.88. The van der Waals surface area contributed by atoms with Gasteiger partial charge < -0.3 is 5.32 Å². The molecule has 0 saturated heterocycles. The molecular formula is C23H26N4O2S. The molecule has 1 aromatic heterocycles. The largest absolute Gasteiger partial charge is 0.349 e. The third-order valence-corrected chi connectivity index (χ3v) is 5.64. The summed E-state index contributed by atoms with van der Waals surface area (Å²) in [5.41, 5.74) is 2.08. The summed E-state index contributed by atoms with van der Waals surface area (Å²) >= 11 is 1.11. The molecule has 2 aromatic carbocycles. The Morgan fingerprint density at radius 3 is 2.37 bits per heavy atom. The molecule has 0 radical (unpaired) electrons.